The van der Waals surface area contributed by atoms with Gasteiger partial charge in [-0.1, -0.05) is 37.3 Å². The van der Waals surface area contributed by atoms with Gasteiger partial charge < -0.3 is 5.32 Å². The van der Waals surface area contributed by atoms with Gasteiger partial charge in [-0.2, -0.15) is 17.0 Å². The summed E-state index contributed by atoms with van der Waals surface area (Å²) in [6.07, 6.45) is 0.519. The molecule has 0 aliphatic carbocycles. The molecular formula is C14H20N2S. The predicted octanol–water partition coefficient (Wildman–Crippen LogP) is 3.37. The van der Waals surface area contributed by atoms with Gasteiger partial charge in [-0.05, 0) is 18.2 Å². The lowest BCUT2D eigenvalue weighted by molar-refractivity contribution is 0.488. The average molecular weight is 248 g/mol. The maximum absolute atomic E-state index is 8.89. The molecule has 0 radical (unpaired) electrons. The zero-order chi connectivity index (χ0) is 12.5. The fourth-order valence-corrected chi connectivity index (χ4v) is 2.42. The van der Waals surface area contributed by atoms with E-state index in [0.29, 0.717) is 12.5 Å². The van der Waals surface area contributed by atoms with E-state index >= 15 is 0 Å². The second kappa shape index (κ2) is 8.16. The maximum Gasteiger partial charge on any atom is 0.0641 e. The minimum absolute atomic E-state index is 0.147. The van der Waals surface area contributed by atoms with E-state index in [-0.39, 0.29) is 6.04 Å². The van der Waals surface area contributed by atoms with Gasteiger partial charge in [0.2, 0.25) is 0 Å². The van der Waals surface area contributed by atoms with E-state index in [1.54, 1.807) is 0 Å². The van der Waals surface area contributed by atoms with Crippen LogP contribution in [-0.2, 0) is 0 Å². The Labute approximate surface area is 108 Å². The first-order chi connectivity index (χ1) is 8.27. The van der Waals surface area contributed by atoms with Crippen molar-refractivity contribution in [2.45, 2.75) is 32.4 Å². The van der Waals surface area contributed by atoms with Crippen LogP contribution in [0.5, 0.6) is 0 Å². The summed E-state index contributed by atoms with van der Waals surface area (Å²) in [6, 6.07) is 13.0. The highest BCUT2D eigenvalue weighted by molar-refractivity contribution is 7.99. The lowest BCUT2D eigenvalue weighted by atomic mass is 10.0. The van der Waals surface area contributed by atoms with Crippen LogP contribution < -0.4 is 5.32 Å². The Morgan fingerprint density at radius 2 is 2.06 bits per heavy atom. The first kappa shape index (κ1) is 14.1. The largest absolute Gasteiger partial charge is 0.306 e. The molecule has 92 valence electrons. The van der Waals surface area contributed by atoms with Gasteiger partial charge in [0.25, 0.3) is 0 Å². The van der Waals surface area contributed by atoms with Crippen molar-refractivity contribution in [2.24, 2.45) is 0 Å². The molecule has 0 saturated carbocycles. The third-order valence-corrected chi connectivity index (χ3v) is 3.70. The summed E-state index contributed by atoms with van der Waals surface area (Å²) >= 11 is 1.93. The molecule has 1 N–H and O–H groups in total. The van der Waals surface area contributed by atoms with E-state index in [0.717, 1.165) is 11.5 Å². The van der Waals surface area contributed by atoms with Crippen molar-refractivity contribution in [3.63, 3.8) is 0 Å². The highest BCUT2D eigenvalue weighted by atomic mass is 32.2. The van der Waals surface area contributed by atoms with Gasteiger partial charge in [0.05, 0.1) is 12.5 Å². The van der Waals surface area contributed by atoms with Gasteiger partial charge in [-0.25, -0.2) is 0 Å². The fourth-order valence-electron chi connectivity index (χ4n) is 1.74. The van der Waals surface area contributed by atoms with Crippen LogP contribution in [0.1, 0.15) is 31.9 Å². The Morgan fingerprint density at radius 3 is 2.65 bits per heavy atom. The Kier molecular flexibility index (Phi) is 6.76. The summed E-state index contributed by atoms with van der Waals surface area (Å²) in [5, 5.41) is 12.4. The summed E-state index contributed by atoms with van der Waals surface area (Å²) in [5.74, 6) is 2.23. The van der Waals surface area contributed by atoms with Crippen LogP contribution in [0, 0.1) is 11.3 Å². The molecule has 0 fully saturated rings. The molecule has 2 atom stereocenters. The Morgan fingerprint density at radius 1 is 1.35 bits per heavy atom. The van der Waals surface area contributed by atoms with Gasteiger partial charge in [0.1, 0.15) is 0 Å². The van der Waals surface area contributed by atoms with Gasteiger partial charge in [-0.3, -0.25) is 0 Å². The maximum atomic E-state index is 8.89. The molecule has 0 aliphatic rings. The molecule has 0 aliphatic heterocycles. The van der Waals surface area contributed by atoms with Crippen LogP contribution in [0.4, 0.5) is 0 Å². The number of hydrogen-bond acceptors (Lipinski definition) is 3. The normalized spacial score (nSPS) is 13.9. The van der Waals surface area contributed by atoms with Crippen molar-refractivity contribution in [3.8, 4) is 6.07 Å². The molecule has 0 amide bonds. The molecule has 1 rings (SSSR count). The van der Waals surface area contributed by atoms with Crippen molar-refractivity contribution >= 4 is 11.8 Å². The molecule has 2 nitrogen and oxygen atoms in total. The number of hydrogen-bond donors (Lipinski definition) is 1. The van der Waals surface area contributed by atoms with E-state index in [1.807, 2.05) is 30.0 Å². The minimum atomic E-state index is 0.147. The number of benzene rings is 1. The quantitative estimate of drug-likeness (QED) is 0.803. The van der Waals surface area contributed by atoms with Crippen molar-refractivity contribution in [1.29, 1.82) is 5.26 Å². The Balaban J connectivity index is 2.58. The topological polar surface area (TPSA) is 35.8 Å². The zero-order valence-electron chi connectivity index (χ0n) is 10.5. The van der Waals surface area contributed by atoms with E-state index < -0.39 is 0 Å². The molecule has 1 aromatic rings. The van der Waals surface area contributed by atoms with Gasteiger partial charge in [0, 0.05) is 17.8 Å². The lowest BCUT2D eigenvalue weighted by Crippen LogP contribution is -2.32. The predicted molar refractivity (Wildman–Crippen MR) is 75.0 cm³/mol. The van der Waals surface area contributed by atoms with Crippen LogP contribution >= 0.6 is 11.8 Å². The van der Waals surface area contributed by atoms with E-state index in [1.165, 1.54) is 5.56 Å². The van der Waals surface area contributed by atoms with E-state index in [2.05, 4.69) is 37.4 Å². The lowest BCUT2D eigenvalue weighted by Gasteiger charge is -2.21. The van der Waals surface area contributed by atoms with Gasteiger partial charge >= 0.3 is 0 Å². The monoisotopic (exact) mass is 248 g/mol. The molecule has 2 unspecified atom stereocenters. The third-order valence-electron chi connectivity index (χ3n) is 2.56. The Hall–Kier alpha value is -0.980. The summed E-state index contributed by atoms with van der Waals surface area (Å²) in [4.78, 5) is 0. The van der Waals surface area contributed by atoms with Gasteiger partial charge in [-0.15, -0.1) is 0 Å². The zero-order valence-corrected chi connectivity index (χ0v) is 11.3. The number of nitrogens with one attached hydrogen (secondary N) is 1. The average Bonchev–Trinajstić information content (AvgIpc) is 2.37. The van der Waals surface area contributed by atoms with Crippen LogP contribution in [0.15, 0.2) is 30.3 Å². The molecule has 17 heavy (non-hydrogen) atoms. The fraction of sp³-hybridized carbons (Fsp3) is 0.500. The minimum Gasteiger partial charge on any atom is -0.306 e. The van der Waals surface area contributed by atoms with E-state index in [9.17, 15) is 0 Å². The summed E-state index contributed by atoms with van der Waals surface area (Å²) in [7, 11) is 0. The van der Waals surface area contributed by atoms with Crippen LogP contribution in [0.25, 0.3) is 0 Å². The third kappa shape index (κ3) is 5.25. The number of nitrogens with zero attached hydrogens (tertiary/aromatic N) is 1. The van der Waals surface area contributed by atoms with E-state index in [4.69, 9.17) is 5.26 Å². The van der Waals surface area contributed by atoms with Crippen molar-refractivity contribution in [1.82, 2.24) is 5.32 Å². The molecule has 1 aromatic carbocycles. The number of thioether (sulfide) groups is 1. The second-order valence-corrected chi connectivity index (χ2v) is 5.37. The highest BCUT2D eigenvalue weighted by Crippen LogP contribution is 2.17. The smallest absolute Gasteiger partial charge is 0.0641 e. The first-order valence-electron chi connectivity index (χ1n) is 6.03. The van der Waals surface area contributed by atoms with Crippen LogP contribution in [0.2, 0.25) is 0 Å². The molecule has 0 saturated heterocycles. The Bertz CT molecular complexity index is 345. The molecule has 0 heterocycles. The molecule has 0 bridgehead atoms. The number of rotatable bonds is 7. The van der Waals surface area contributed by atoms with Crippen LogP contribution in [-0.4, -0.2) is 17.5 Å². The second-order valence-electron chi connectivity index (χ2n) is 4.05. The molecular weight excluding hydrogens is 228 g/mol. The van der Waals surface area contributed by atoms with Crippen molar-refractivity contribution in [2.75, 3.05) is 11.5 Å². The summed E-state index contributed by atoms with van der Waals surface area (Å²) in [5.41, 5.74) is 1.20. The number of nitriles is 1. The van der Waals surface area contributed by atoms with Crippen LogP contribution in [0.3, 0.4) is 0 Å². The van der Waals surface area contributed by atoms with Gasteiger partial charge in [0.15, 0.2) is 0 Å². The first-order valence-corrected chi connectivity index (χ1v) is 7.19. The highest BCUT2D eigenvalue weighted by Gasteiger charge is 2.13. The SMILES string of the molecule is CCSCC(C)NC(CC#N)c1ccccc1. The molecule has 0 aromatic heterocycles. The van der Waals surface area contributed by atoms with Crippen molar-refractivity contribution < 1.29 is 0 Å². The summed E-state index contributed by atoms with van der Waals surface area (Å²) < 4.78 is 0. The summed E-state index contributed by atoms with van der Waals surface area (Å²) in [6.45, 7) is 4.34. The standard InChI is InChI=1S/C14H20N2S/c1-3-17-11-12(2)16-14(9-10-15)13-7-5-4-6-8-13/h4-8,12,14,16H,3,9,11H2,1-2H3. The molecule has 3 heteroatoms. The van der Waals surface area contributed by atoms with Crippen molar-refractivity contribution in [3.05, 3.63) is 35.9 Å². The molecule has 0 spiro atoms.